The van der Waals surface area contributed by atoms with Crippen molar-refractivity contribution in [3.63, 3.8) is 0 Å². The standard InChI is InChI=1S/C18H15F3N4O4S/c19-18(20,21)16-15(23-24-25(16)13-4-2-1-3-5-13)17(26)29-11-10-12-6-8-14(9-7-12)30(22,27)28/h1-9H,10-11H2,(H2,22,27,28). The van der Waals surface area contributed by atoms with Crippen LogP contribution >= 0.6 is 0 Å². The highest BCUT2D eigenvalue weighted by Crippen LogP contribution is 2.33. The number of halogens is 3. The Morgan fingerprint density at radius 3 is 2.27 bits per heavy atom. The van der Waals surface area contributed by atoms with Crippen molar-refractivity contribution in [3.05, 3.63) is 71.5 Å². The molecule has 0 atom stereocenters. The first kappa shape index (κ1) is 21.5. The number of hydrogen-bond acceptors (Lipinski definition) is 6. The summed E-state index contributed by atoms with van der Waals surface area (Å²) in [6.07, 6.45) is -4.75. The molecular weight excluding hydrogens is 425 g/mol. The van der Waals surface area contributed by atoms with Crippen LogP contribution in [-0.4, -0.2) is 36.0 Å². The van der Waals surface area contributed by atoms with Gasteiger partial charge in [-0.25, -0.2) is 23.0 Å². The van der Waals surface area contributed by atoms with Gasteiger partial charge >= 0.3 is 12.1 Å². The lowest BCUT2D eigenvalue weighted by Crippen LogP contribution is -2.19. The molecule has 0 saturated carbocycles. The molecule has 8 nitrogen and oxygen atoms in total. The number of hydrogen-bond donors (Lipinski definition) is 1. The summed E-state index contributed by atoms with van der Waals surface area (Å²) in [5, 5.41) is 11.8. The molecule has 0 aliphatic carbocycles. The molecule has 0 amide bonds. The Bertz CT molecular complexity index is 1140. The van der Waals surface area contributed by atoms with Gasteiger partial charge in [0.05, 0.1) is 17.2 Å². The monoisotopic (exact) mass is 440 g/mol. The number of aromatic nitrogens is 3. The quantitative estimate of drug-likeness (QED) is 0.588. The highest BCUT2D eigenvalue weighted by Gasteiger charge is 2.42. The van der Waals surface area contributed by atoms with E-state index < -0.39 is 33.6 Å². The van der Waals surface area contributed by atoms with E-state index in [1.54, 1.807) is 6.07 Å². The minimum absolute atomic E-state index is 0.0874. The number of primary sulfonamides is 1. The van der Waals surface area contributed by atoms with Crippen LogP contribution in [0.4, 0.5) is 13.2 Å². The summed E-state index contributed by atoms with van der Waals surface area (Å²) < 4.78 is 68.5. The van der Waals surface area contributed by atoms with Gasteiger partial charge in [-0.15, -0.1) is 5.10 Å². The fourth-order valence-corrected chi connectivity index (χ4v) is 3.11. The van der Waals surface area contributed by atoms with Gasteiger partial charge in [0.1, 0.15) is 0 Å². The third kappa shape index (κ3) is 4.83. The molecule has 0 spiro atoms. The largest absolute Gasteiger partial charge is 0.461 e. The highest BCUT2D eigenvalue weighted by atomic mass is 32.2. The zero-order valence-corrected chi connectivity index (χ0v) is 16.0. The Kier molecular flexibility index (Phi) is 5.89. The zero-order valence-electron chi connectivity index (χ0n) is 15.2. The number of para-hydroxylation sites is 1. The average molecular weight is 440 g/mol. The lowest BCUT2D eigenvalue weighted by molar-refractivity contribution is -0.143. The van der Waals surface area contributed by atoms with E-state index in [1.807, 2.05) is 0 Å². The van der Waals surface area contributed by atoms with Crippen LogP contribution in [0.15, 0.2) is 59.5 Å². The van der Waals surface area contributed by atoms with Crippen molar-refractivity contribution in [2.45, 2.75) is 17.5 Å². The fraction of sp³-hybridized carbons (Fsp3) is 0.167. The van der Waals surface area contributed by atoms with Crippen molar-refractivity contribution in [2.75, 3.05) is 6.61 Å². The third-order valence-corrected chi connectivity index (χ3v) is 4.94. The van der Waals surface area contributed by atoms with E-state index in [9.17, 15) is 26.4 Å². The molecule has 0 aliphatic rings. The maximum Gasteiger partial charge on any atom is 0.436 e. The molecule has 0 aliphatic heterocycles. The predicted molar refractivity (Wildman–Crippen MR) is 98.2 cm³/mol. The van der Waals surface area contributed by atoms with Crippen LogP contribution in [0, 0.1) is 0 Å². The van der Waals surface area contributed by atoms with Gasteiger partial charge in [0.2, 0.25) is 15.7 Å². The topological polar surface area (TPSA) is 117 Å². The van der Waals surface area contributed by atoms with Crippen LogP contribution in [0.3, 0.4) is 0 Å². The smallest absolute Gasteiger partial charge is 0.436 e. The lowest BCUT2D eigenvalue weighted by Gasteiger charge is -2.11. The fourth-order valence-electron chi connectivity index (χ4n) is 2.60. The van der Waals surface area contributed by atoms with Gasteiger partial charge in [-0.1, -0.05) is 35.5 Å². The number of sulfonamides is 1. The van der Waals surface area contributed by atoms with E-state index in [0.717, 1.165) is 0 Å². The summed E-state index contributed by atoms with van der Waals surface area (Å²) in [4.78, 5) is 12.1. The van der Waals surface area contributed by atoms with Gasteiger partial charge < -0.3 is 4.74 Å². The Morgan fingerprint density at radius 2 is 1.70 bits per heavy atom. The molecule has 0 radical (unpaired) electrons. The SMILES string of the molecule is NS(=O)(=O)c1ccc(CCOC(=O)c2nnn(-c3ccccc3)c2C(F)(F)F)cc1. The molecule has 0 bridgehead atoms. The van der Waals surface area contributed by atoms with Crippen LogP contribution in [0.25, 0.3) is 5.69 Å². The normalized spacial score (nSPS) is 12.0. The van der Waals surface area contributed by atoms with E-state index in [2.05, 4.69) is 10.3 Å². The van der Waals surface area contributed by atoms with Gasteiger partial charge in [-0.2, -0.15) is 13.2 Å². The van der Waals surface area contributed by atoms with Crippen LogP contribution < -0.4 is 5.14 Å². The van der Waals surface area contributed by atoms with E-state index in [0.29, 0.717) is 10.2 Å². The van der Waals surface area contributed by atoms with Crippen LogP contribution in [0.2, 0.25) is 0 Å². The van der Waals surface area contributed by atoms with Crippen LogP contribution in [0.1, 0.15) is 21.7 Å². The van der Waals surface area contributed by atoms with Gasteiger partial charge in [0.25, 0.3) is 0 Å². The number of carbonyl (C=O) groups is 1. The molecule has 158 valence electrons. The first-order valence-electron chi connectivity index (χ1n) is 8.44. The number of benzene rings is 2. The maximum absolute atomic E-state index is 13.5. The molecule has 1 heterocycles. The minimum atomic E-state index is -4.89. The van der Waals surface area contributed by atoms with Crippen molar-refractivity contribution in [1.82, 2.24) is 15.0 Å². The second-order valence-corrected chi connectivity index (χ2v) is 7.67. The molecule has 2 N–H and O–H groups in total. The number of esters is 1. The van der Waals surface area contributed by atoms with Gasteiger partial charge in [0.15, 0.2) is 5.69 Å². The number of nitrogens with zero attached hydrogens (tertiary/aromatic N) is 3. The van der Waals surface area contributed by atoms with Crippen molar-refractivity contribution >= 4 is 16.0 Å². The average Bonchev–Trinajstić information content (AvgIpc) is 3.14. The van der Waals surface area contributed by atoms with E-state index >= 15 is 0 Å². The van der Waals surface area contributed by atoms with Gasteiger partial charge in [-0.3, -0.25) is 0 Å². The number of nitrogens with two attached hydrogens (primary N) is 1. The molecule has 0 unspecified atom stereocenters. The Morgan fingerprint density at radius 1 is 1.07 bits per heavy atom. The summed E-state index contributed by atoms with van der Waals surface area (Å²) in [5.74, 6) is -1.27. The molecule has 1 aromatic heterocycles. The summed E-state index contributed by atoms with van der Waals surface area (Å²) in [5.41, 5.74) is -1.60. The molecule has 2 aromatic carbocycles. The summed E-state index contributed by atoms with van der Waals surface area (Å²) in [6, 6.07) is 12.9. The number of ether oxygens (including phenoxy) is 1. The molecule has 3 rings (SSSR count). The minimum Gasteiger partial charge on any atom is -0.461 e. The van der Waals surface area contributed by atoms with Crippen LogP contribution in [0.5, 0.6) is 0 Å². The lowest BCUT2D eigenvalue weighted by atomic mass is 10.2. The molecular formula is C18H15F3N4O4S. The van der Waals surface area contributed by atoms with Gasteiger partial charge in [0, 0.05) is 6.42 Å². The molecule has 0 fully saturated rings. The van der Waals surface area contributed by atoms with Crippen LogP contribution in [-0.2, 0) is 27.4 Å². The molecule has 12 heteroatoms. The zero-order chi connectivity index (χ0) is 21.9. The summed E-state index contributed by atoms with van der Waals surface area (Å²) >= 11 is 0. The van der Waals surface area contributed by atoms with E-state index in [4.69, 9.17) is 9.88 Å². The first-order valence-corrected chi connectivity index (χ1v) is 9.99. The highest BCUT2D eigenvalue weighted by molar-refractivity contribution is 7.89. The number of rotatable bonds is 6. The Hall–Kier alpha value is -3.25. The van der Waals surface area contributed by atoms with Crippen molar-refractivity contribution < 1.29 is 31.1 Å². The second-order valence-electron chi connectivity index (χ2n) is 6.11. The Balaban J connectivity index is 1.74. The predicted octanol–water partition coefficient (Wildman–Crippen LogP) is 2.33. The van der Waals surface area contributed by atoms with Crippen molar-refractivity contribution in [2.24, 2.45) is 5.14 Å². The van der Waals surface area contributed by atoms with Gasteiger partial charge in [-0.05, 0) is 29.8 Å². The Labute approximate surface area is 169 Å². The molecule has 3 aromatic rings. The van der Waals surface area contributed by atoms with E-state index in [-0.39, 0.29) is 23.6 Å². The number of carbonyl (C=O) groups excluding carboxylic acids is 1. The second kappa shape index (κ2) is 8.24. The van der Waals surface area contributed by atoms with Crippen molar-refractivity contribution in [3.8, 4) is 5.69 Å². The maximum atomic E-state index is 13.5. The summed E-state index contributed by atoms with van der Waals surface area (Å²) in [7, 11) is -3.84. The van der Waals surface area contributed by atoms with Crippen molar-refractivity contribution in [1.29, 1.82) is 0 Å². The first-order chi connectivity index (χ1) is 14.1. The number of alkyl halides is 3. The van der Waals surface area contributed by atoms with E-state index in [1.165, 1.54) is 48.5 Å². The summed E-state index contributed by atoms with van der Waals surface area (Å²) in [6.45, 7) is -0.247. The molecule has 0 saturated heterocycles. The third-order valence-electron chi connectivity index (χ3n) is 4.01. The molecule has 30 heavy (non-hydrogen) atoms.